The van der Waals surface area contributed by atoms with Gasteiger partial charge in [-0.3, -0.25) is 4.79 Å². The van der Waals surface area contributed by atoms with E-state index in [2.05, 4.69) is 5.32 Å². The van der Waals surface area contributed by atoms with E-state index >= 15 is 0 Å². The highest BCUT2D eigenvalue weighted by atomic mass is 32.2. The second-order valence-electron chi connectivity index (χ2n) is 7.47. The first-order valence-corrected chi connectivity index (χ1v) is 10.3. The molecule has 1 aliphatic carbocycles. The van der Waals surface area contributed by atoms with Crippen molar-refractivity contribution >= 4 is 15.9 Å². The molecule has 0 aromatic carbocycles. The van der Waals surface area contributed by atoms with E-state index in [0.717, 1.165) is 32.1 Å². The highest BCUT2D eigenvalue weighted by Crippen LogP contribution is 2.43. The molecule has 2 saturated heterocycles. The Kier molecular flexibility index (Phi) is 4.73. The molecule has 23 heavy (non-hydrogen) atoms. The Balaban J connectivity index is 1.48. The number of sulfonamides is 1. The Morgan fingerprint density at radius 3 is 2.57 bits per heavy atom. The van der Waals surface area contributed by atoms with Crippen molar-refractivity contribution in [2.24, 2.45) is 11.8 Å². The van der Waals surface area contributed by atoms with Crippen molar-refractivity contribution in [3.63, 3.8) is 0 Å². The van der Waals surface area contributed by atoms with E-state index in [-0.39, 0.29) is 22.7 Å². The van der Waals surface area contributed by atoms with Crippen LogP contribution in [0.1, 0.15) is 46.0 Å². The van der Waals surface area contributed by atoms with Crippen LogP contribution in [-0.4, -0.2) is 55.7 Å². The minimum Gasteiger partial charge on any atom is -0.372 e. The number of rotatable bonds is 6. The van der Waals surface area contributed by atoms with E-state index in [9.17, 15) is 13.2 Å². The molecule has 2 heterocycles. The number of carbonyl (C=O) groups is 1. The summed E-state index contributed by atoms with van der Waals surface area (Å²) in [4.78, 5) is 11.9. The van der Waals surface area contributed by atoms with Crippen molar-refractivity contribution in [1.82, 2.24) is 9.62 Å². The number of amides is 1. The molecule has 1 amide bonds. The summed E-state index contributed by atoms with van der Waals surface area (Å²) in [6.45, 7) is 5.72. The normalized spacial score (nSPS) is 27.9. The Morgan fingerprint density at radius 2 is 2.00 bits per heavy atom. The number of nitrogens with one attached hydrogen (secondary N) is 1. The molecule has 3 rings (SSSR count). The van der Waals surface area contributed by atoms with Gasteiger partial charge in [-0.15, -0.1) is 0 Å². The molecule has 0 aromatic heterocycles. The number of hydrogen-bond acceptors (Lipinski definition) is 4. The monoisotopic (exact) mass is 344 g/mol. The van der Waals surface area contributed by atoms with Gasteiger partial charge in [0.15, 0.2) is 0 Å². The van der Waals surface area contributed by atoms with Crippen LogP contribution in [0, 0.1) is 11.8 Å². The third-order valence-corrected chi connectivity index (χ3v) is 7.88. The topological polar surface area (TPSA) is 75.7 Å². The Hall–Kier alpha value is -0.660. The first-order valence-electron chi connectivity index (χ1n) is 8.76. The molecule has 1 atom stereocenters. The number of nitrogens with zero attached hydrogens (tertiary/aromatic N) is 1. The summed E-state index contributed by atoms with van der Waals surface area (Å²) < 4.78 is 31.8. The maximum absolute atomic E-state index is 12.2. The van der Waals surface area contributed by atoms with Crippen molar-refractivity contribution < 1.29 is 17.9 Å². The first kappa shape index (κ1) is 17.2. The lowest BCUT2D eigenvalue weighted by Gasteiger charge is -2.49. The van der Waals surface area contributed by atoms with E-state index in [1.54, 1.807) is 18.2 Å². The summed E-state index contributed by atoms with van der Waals surface area (Å²) >= 11 is 0. The quantitative estimate of drug-likeness (QED) is 0.783. The predicted octanol–water partition coefficient (Wildman–Crippen LogP) is 1.12. The zero-order valence-corrected chi connectivity index (χ0v) is 14.9. The van der Waals surface area contributed by atoms with E-state index in [4.69, 9.17) is 4.74 Å². The first-order chi connectivity index (χ1) is 10.8. The Labute approximate surface area is 139 Å². The second-order valence-corrected chi connectivity index (χ2v) is 9.96. The van der Waals surface area contributed by atoms with Crippen LogP contribution in [0.4, 0.5) is 0 Å². The summed E-state index contributed by atoms with van der Waals surface area (Å²) in [6.07, 6.45) is 5.02. The minimum absolute atomic E-state index is 0.182. The van der Waals surface area contributed by atoms with Crippen molar-refractivity contribution in [3.8, 4) is 0 Å². The van der Waals surface area contributed by atoms with E-state index in [0.29, 0.717) is 32.2 Å². The lowest BCUT2D eigenvalue weighted by Crippen LogP contribution is -2.67. The molecule has 0 aromatic rings. The SMILES string of the molecule is CC(C)S(=O)(=O)N1CC2(C1)OCC[C@@H]2CCNC(=O)C1CCC1. The number of ether oxygens (including phenoxy) is 1. The summed E-state index contributed by atoms with van der Waals surface area (Å²) in [7, 11) is -3.18. The Morgan fingerprint density at radius 1 is 1.30 bits per heavy atom. The summed E-state index contributed by atoms with van der Waals surface area (Å²) in [5.41, 5.74) is -0.316. The third kappa shape index (κ3) is 3.15. The average Bonchev–Trinajstić information content (AvgIpc) is 2.78. The van der Waals surface area contributed by atoms with Gasteiger partial charge in [0, 0.05) is 32.2 Å². The average molecular weight is 344 g/mol. The van der Waals surface area contributed by atoms with Gasteiger partial charge in [0.2, 0.25) is 15.9 Å². The molecule has 0 radical (unpaired) electrons. The summed E-state index contributed by atoms with van der Waals surface area (Å²) in [5.74, 6) is 0.740. The molecule has 0 bridgehead atoms. The molecule has 3 fully saturated rings. The highest BCUT2D eigenvalue weighted by Gasteiger charge is 2.56. The van der Waals surface area contributed by atoms with Crippen LogP contribution in [-0.2, 0) is 19.6 Å². The minimum atomic E-state index is -3.18. The van der Waals surface area contributed by atoms with E-state index < -0.39 is 10.0 Å². The predicted molar refractivity (Wildman–Crippen MR) is 87.4 cm³/mol. The van der Waals surface area contributed by atoms with Crippen LogP contribution in [0.5, 0.6) is 0 Å². The van der Waals surface area contributed by atoms with Crippen molar-refractivity contribution in [3.05, 3.63) is 0 Å². The zero-order valence-electron chi connectivity index (χ0n) is 14.1. The molecule has 0 unspecified atom stereocenters. The van der Waals surface area contributed by atoms with Gasteiger partial charge >= 0.3 is 0 Å². The summed E-state index contributed by atoms with van der Waals surface area (Å²) in [5, 5.41) is 2.64. The van der Waals surface area contributed by atoms with Gasteiger partial charge in [0.25, 0.3) is 0 Å². The molecule has 1 saturated carbocycles. The van der Waals surface area contributed by atoms with Crippen LogP contribution in [0.2, 0.25) is 0 Å². The van der Waals surface area contributed by atoms with Gasteiger partial charge in [-0.25, -0.2) is 8.42 Å². The smallest absolute Gasteiger partial charge is 0.223 e. The number of hydrogen-bond donors (Lipinski definition) is 1. The molecule has 7 heteroatoms. The highest BCUT2D eigenvalue weighted by molar-refractivity contribution is 7.89. The van der Waals surface area contributed by atoms with Gasteiger partial charge in [-0.05, 0) is 45.4 Å². The van der Waals surface area contributed by atoms with Gasteiger partial charge in [0.1, 0.15) is 0 Å². The standard InChI is InChI=1S/C16H28N2O4S/c1-12(2)23(20,21)18-10-16(11-18)14(7-9-22-16)6-8-17-15(19)13-4-3-5-13/h12-14H,3-11H2,1-2H3,(H,17,19)/t14-/m0/s1. The van der Waals surface area contributed by atoms with E-state index in [1.807, 2.05) is 0 Å². The fourth-order valence-corrected chi connectivity index (χ4v) is 5.15. The summed E-state index contributed by atoms with van der Waals surface area (Å²) in [6, 6.07) is 0. The molecule has 132 valence electrons. The maximum Gasteiger partial charge on any atom is 0.223 e. The second kappa shape index (κ2) is 6.33. The van der Waals surface area contributed by atoms with Crippen molar-refractivity contribution in [2.45, 2.75) is 56.8 Å². The van der Waals surface area contributed by atoms with Crippen LogP contribution in [0.3, 0.4) is 0 Å². The molecule has 6 nitrogen and oxygen atoms in total. The fraction of sp³-hybridized carbons (Fsp3) is 0.938. The molecular formula is C16H28N2O4S. The van der Waals surface area contributed by atoms with Gasteiger partial charge in [-0.1, -0.05) is 6.42 Å². The van der Waals surface area contributed by atoms with Crippen molar-refractivity contribution in [1.29, 1.82) is 0 Å². The molecule has 1 spiro atoms. The van der Waals surface area contributed by atoms with Crippen LogP contribution >= 0.6 is 0 Å². The van der Waals surface area contributed by atoms with Gasteiger partial charge < -0.3 is 10.1 Å². The van der Waals surface area contributed by atoms with Crippen LogP contribution in [0.15, 0.2) is 0 Å². The lowest BCUT2D eigenvalue weighted by atomic mass is 9.80. The zero-order chi connectivity index (χ0) is 16.7. The largest absolute Gasteiger partial charge is 0.372 e. The number of carbonyl (C=O) groups excluding carboxylic acids is 1. The molecule has 3 aliphatic rings. The molecule has 1 N–H and O–H groups in total. The molecule has 2 aliphatic heterocycles. The Bertz CT molecular complexity index is 550. The molecular weight excluding hydrogens is 316 g/mol. The van der Waals surface area contributed by atoms with Gasteiger partial charge in [-0.2, -0.15) is 4.31 Å². The van der Waals surface area contributed by atoms with Crippen LogP contribution in [0.25, 0.3) is 0 Å². The van der Waals surface area contributed by atoms with Crippen LogP contribution < -0.4 is 5.32 Å². The lowest BCUT2D eigenvalue weighted by molar-refractivity contribution is -0.127. The third-order valence-electron chi connectivity index (χ3n) is 5.71. The van der Waals surface area contributed by atoms with Gasteiger partial charge in [0.05, 0.1) is 10.9 Å². The van der Waals surface area contributed by atoms with E-state index in [1.165, 1.54) is 0 Å². The van der Waals surface area contributed by atoms with Crippen molar-refractivity contribution in [2.75, 3.05) is 26.2 Å². The fourth-order valence-electron chi connectivity index (χ4n) is 3.76. The maximum atomic E-state index is 12.2.